The van der Waals surface area contributed by atoms with Crippen molar-refractivity contribution >= 4 is 5.96 Å². The summed E-state index contributed by atoms with van der Waals surface area (Å²) in [5.74, 6) is 1.38. The first-order valence-corrected chi connectivity index (χ1v) is 8.76. The first-order chi connectivity index (χ1) is 10.1. The Morgan fingerprint density at radius 1 is 1.24 bits per heavy atom. The minimum absolute atomic E-state index is 0.411. The Hall–Kier alpha value is -0.770. The maximum atomic E-state index is 5.93. The van der Waals surface area contributed by atoms with Gasteiger partial charge in [-0.2, -0.15) is 0 Å². The van der Waals surface area contributed by atoms with Crippen LogP contribution in [-0.2, 0) is 4.74 Å². The predicted molar refractivity (Wildman–Crippen MR) is 90.6 cm³/mol. The molecule has 3 N–H and O–H groups in total. The third-order valence-corrected chi connectivity index (χ3v) is 4.05. The first-order valence-electron chi connectivity index (χ1n) is 8.76. The molecule has 1 aliphatic heterocycles. The second kappa shape index (κ2) is 10.9. The van der Waals surface area contributed by atoms with E-state index in [0.717, 1.165) is 38.3 Å². The molecule has 0 aromatic carbocycles. The average molecular weight is 297 g/mol. The van der Waals surface area contributed by atoms with Crippen molar-refractivity contribution in [2.75, 3.05) is 13.2 Å². The first kappa shape index (κ1) is 18.3. The van der Waals surface area contributed by atoms with Crippen LogP contribution in [0.1, 0.15) is 72.1 Å². The van der Waals surface area contributed by atoms with Crippen LogP contribution >= 0.6 is 0 Å². The van der Waals surface area contributed by atoms with E-state index in [0.29, 0.717) is 18.1 Å². The molecular formula is C17H35N3O. The van der Waals surface area contributed by atoms with Crippen LogP contribution in [0, 0.1) is 5.92 Å². The van der Waals surface area contributed by atoms with Gasteiger partial charge in [-0.05, 0) is 51.4 Å². The summed E-state index contributed by atoms with van der Waals surface area (Å²) in [7, 11) is 0. The largest absolute Gasteiger partial charge is 0.378 e. The molecule has 21 heavy (non-hydrogen) atoms. The Morgan fingerprint density at radius 3 is 2.71 bits per heavy atom. The van der Waals surface area contributed by atoms with Crippen LogP contribution in [0.5, 0.6) is 0 Å². The van der Waals surface area contributed by atoms with Crippen molar-refractivity contribution in [3.8, 4) is 0 Å². The molecule has 0 aliphatic carbocycles. The van der Waals surface area contributed by atoms with E-state index >= 15 is 0 Å². The van der Waals surface area contributed by atoms with Crippen LogP contribution in [-0.4, -0.2) is 31.3 Å². The second-order valence-electron chi connectivity index (χ2n) is 6.77. The fourth-order valence-corrected chi connectivity index (χ4v) is 2.76. The van der Waals surface area contributed by atoms with E-state index in [-0.39, 0.29) is 0 Å². The Labute approximate surface area is 130 Å². The number of ether oxygens (including phenoxy) is 1. The molecule has 0 amide bonds. The van der Waals surface area contributed by atoms with E-state index in [2.05, 4.69) is 31.1 Å². The number of aliphatic imine (C=N–C) groups is 1. The summed E-state index contributed by atoms with van der Waals surface area (Å²) < 4.78 is 5.72. The molecule has 0 bridgehead atoms. The smallest absolute Gasteiger partial charge is 0.188 e. The predicted octanol–water partition coefficient (Wildman–Crippen LogP) is 3.45. The fourth-order valence-electron chi connectivity index (χ4n) is 2.76. The van der Waals surface area contributed by atoms with Crippen LogP contribution in [0.2, 0.25) is 0 Å². The minimum Gasteiger partial charge on any atom is -0.378 e. The van der Waals surface area contributed by atoms with Gasteiger partial charge in [-0.3, -0.25) is 4.99 Å². The summed E-state index contributed by atoms with van der Waals surface area (Å²) in [5, 5.41) is 3.29. The van der Waals surface area contributed by atoms with Crippen LogP contribution < -0.4 is 11.1 Å². The van der Waals surface area contributed by atoms with E-state index in [9.17, 15) is 0 Å². The van der Waals surface area contributed by atoms with Crippen molar-refractivity contribution in [2.24, 2.45) is 16.6 Å². The molecule has 1 rings (SSSR count). The van der Waals surface area contributed by atoms with E-state index < -0.39 is 0 Å². The summed E-state index contributed by atoms with van der Waals surface area (Å²) in [4.78, 5) is 4.42. The van der Waals surface area contributed by atoms with Crippen molar-refractivity contribution in [3.63, 3.8) is 0 Å². The molecule has 2 unspecified atom stereocenters. The van der Waals surface area contributed by atoms with Crippen molar-refractivity contribution in [1.82, 2.24) is 5.32 Å². The Kier molecular flexibility index (Phi) is 9.48. The highest BCUT2D eigenvalue weighted by Crippen LogP contribution is 2.16. The number of hydrogen-bond donors (Lipinski definition) is 2. The topological polar surface area (TPSA) is 59.6 Å². The number of nitrogens with two attached hydrogens (primary N) is 1. The lowest BCUT2D eigenvalue weighted by Crippen LogP contribution is -2.38. The summed E-state index contributed by atoms with van der Waals surface area (Å²) in [5.41, 5.74) is 5.93. The highest BCUT2D eigenvalue weighted by molar-refractivity contribution is 5.78. The molecule has 1 saturated heterocycles. The van der Waals surface area contributed by atoms with Crippen molar-refractivity contribution in [1.29, 1.82) is 0 Å². The van der Waals surface area contributed by atoms with Crippen molar-refractivity contribution < 1.29 is 4.74 Å². The highest BCUT2D eigenvalue weighted by atomic mass is 16.5. The molecule has 2 atom stereocenters. The number of hydrogen-bond acceptors (Lipinski definition) is 2. The van der Waals surface area contributed by atoms with Crippen molar-refractivity contribution in [3.05, 3.63) is 0 Å². The number of guanidine groups is 1. The van der Waals surface area contributed by atoms with Gasteiger partial charge in [0.25, 0.3) is 0 Å². The molecule has 124 valence electrons. The minimum atomic E-state index is 0.411. The Morgan fingerprint density at radius 2 is 2.05 bits per heavy atom. The van der Waals surface area contributed by atoms with Crippen LogP contribution in [0.3, 0.4) is 0 Å². The summed E-state index contributed by atoms with van der Waals surface area (Å²) in [6, 6.07) is 0.411. The highest BCUT2D eigenvalue weighted by Gasteiger charge is 2.12. The van der Waals surface area contributed by atoms with Crippen LogP contribution in [0.4, 0.5) is 0 Å². The van der Waals surface area contributed by atoms with Gasteiger partial charge in [0.05, 0.1) is 6.10 Å². The maximum absolute atomic E-state index is 5.93. The molecule has 0 spiro atoms. The Balaban J connectivity index is 2.05. The third-order valence-electron chi connectivity index (χ3n) is 4.05. The van der Waals surface area contributed by atoms with Gasteiger partial charge in [-0.1, -0.05) is 26.7 Å². The van der Waals surface area contributed by atoms with Gasteiger partial charge in [-0.15, -0.1) is 0 Å². The summed E-state index contributed by atoms with van der Waals surface area (Å²) in [6.07, 6.45) is 10.1. The van der Waals surface area contributed by atoms with E-state index in [1.54, 1.807) is 0 Å². The van der Waals surface area contributed by atoms with Gasteiger partial charge in [0.15, 0.2) is 5.96 Å². The summed E-state index contributed by atoms with van der Waals surface area (Å²) in [6.45, 7) is 8.45. The van der Waals surface area contributed by atoms with Gasteiger partial charge in [0.1, 0.15) is 0 Å². The lowest BCUT2D eigenvalue weighted by atomic mass is 10.0. The fraction of sp³-hybridized carbons (Fsp3) is 0.941. The normalized spacial score (nSPS) is 21.5. The van der Waals surface area contributed by atoms with Gasteiger partial charge in [0.2, 0.25) is 0 Å². The number of nitrogens with one attached hydrogen (secondary N) is 1. The van der Waals surface area contributed by atoms with E-state index in [1.807, 2.05) is 0 Å². The van der Waals surface area contributed by atoms with Crippen LogP contribution in [0.25, 0.3) is 0 Å². The monoisotopic (exact) mass is 297 g/mol. The van der Waals surface area contributed by atoms with E-state index in [1.165, 1.54) is 32.1 Å². The van der Waals surface area contributed by atoms with Gasteiger partial charge in [0, 0.05) is 19.2 Å². The molecule has 0 aromatic heterocycles. The molecule has 1 heterocycles. The maximum Gasteiger partial charge on any atom is 0.188 e. The molecule has 0 radical (unpaired) electrons. The standard InChI is InChI=1S/C17H35N3O/c1-14(2)8-6-9-15(3)20-17(18)19-12-7-11-16-10-4-5-13-21-16/h14-16H,4-13H2,1-3H3,(H3,18,19,20). The van der Waals surface area contributed by atoms with Crippen LogP contribution in [0.15, 0.2) is 4.99 Å². The zero-order valence-electron chi connectivity index (χ0n) is 14.2. The molecular weight excluding hydrogens is 262 g/mol. The van der Waals surface area contributed by atoms with Gasteiger partial charge in [-0.25, -0.2) is 0 Å². The zero-order chi connectivity index (χ0) is 15.5. The SMILES string of the molecule is CC(C)CCCC(C)NC(N)=NCCCC1CCCCO1. The van der Waals surface area contributed by atoms with Gasteiger partial charge >= 0.3 is 0 Å². The van der Waals surface area contributed by atoms with E-state index in [4.69, 9.17) is 10.5 Å². The quantitative estimate of drug-likeness (QED) is 0.389. The average Bonchev–Trinajstić information content (AvgIpc) is 2.44. The molecule has 4 nitrogen and oxygen atoms in total. The lowest BCUT2D eigenvalue weighted by molar-refractivity contribution is 0.0105. The van der Waals surface area contributed by atoms with Gasteiger partial charge < -0.3 is 15.8 Å². The number of rotatable bonds is 9. The molecule has 0 aromatic rings. The Bertz CT molecular complexity index is 286. The molecule has 1 aliphatic rings. The molecule has 4 heteroatoms. The summed E-state index contributed by atoms with van der Waals surface area (Å²) >= 11 is 0. The zero-order valence-corrected chi connectivity index (χ0v) is 14.2. The third kappa shape index (κ3) is 9.72. The lowest BCUT2D eigenvalue weighted by Gasteiger charge is -2.22. The molecule has 0 saturated carbocycles. The van der Waals surface area contributed by atoms with Crippen molar-refractivity contribution in [2.45, 2.75) is 84.3 Å². The molecule has 1 fully saturated rings. The number of nitrogens with zero attached hydrogens (tertiary/aromatic N) is 1. The second-order valence-corrected chi connectivity index (χ2v) is 6.77.